The Hall–Kier alpha value is -2.90. The first-order chi connectivity index (χ1) is 15.5. The van der Waals surface area contributed by atoms with Crippen LogP contribution in [0.1, 0.15) is 56.0 Å². The molecule has 0 radical (unpaired) electrons. The Morgan fingerprint density at radius 1 is 1.06 bits per heavy atom. The van der Waals surface area contributed by atoms with Crippen molar-refractivity contribution in [3.05, 3.63) is 77.0 Å². The van der Waals surface area contributed by atoms with Crippen LogP contribution in [0.15, 0.2) is 59.5 Å². The van der Waals surface area contributed by atoms with E-state index in [9.17, 15) is 13.5 Å². The summed E-state index contributed by atoms with van der Waals surface area (Å²) in [6, 6.07) is 16.4. The molecule has 2 aromatic carbocycles. The molecule has 1 saturated carbocycles. The molecule has 0 saturated heterocycles. The zero-order valence-corrected chi connectivity index (χ0v) is 20.2. The summed E-state index contributed by atoms with van der Waals surface area (Å²) in [5.74, 6) is 0.641. The van der Waals surface area contributed by atoms with Gasteiger partial charge in [0.25, 0.3) is 10.0 Å². The summed E-state index contributed by atoms with van der Waals surface area (Å²) in [4.78, 5) is 4.85. The molecule has 2 aliphatic rings. The van der Waals surface area contributed by atoms with E-state index in [1.807, 2.05) is 37.3 Å². The summed E-state index contributed by atoms with van der Waals surface area (Å²) in [6.07, 6.45) is 2.26. The number of nitrogens with zero attached hydrogens (tertiary/aromatic N) is 2. The zero-order valence-electron chi connectivity index (χ0n) is 19.4. The van der Waals surface area contributed by atoms with Crippen molar-refractivity contribution in [2.24, 2.45) is 0 Å². The van der Waals surface area contributed by atoms with Crippen LogP contribution in [0.25, 0.3) is 0 Å². The molecule has 1 aromatic heterocycles. The molecule has 0 amide bonds. The third-order valence-corrected chi connectivity index (χ3v) is 8.57. The Kier molecular flexibility index (Phi) is 4.85. The highest BCUT2D eigenvalue weighted by atomic mass is 32.2. The van der Waals surface area contributed by atoms with Gasteiger partial charge in [0.05, 0.1) is 28.4 Å². The number of aliphatic hydroxyl groups is 1. The highest BCUT2D eigenvalue weighted by molar-refractivity contribution is 7.92. The van der Waals surface area contributed by atoms with Crippen molar-refractivity contribution in [1.29, 1.82) is 0 Å². The maximum Gasteiger partial charge on any atom is 0.264 e. The van der Waals surface area contributed by atoms with E-state index in [2.05, 4.69) is 17.2 Å². The van der Waals surface area contributed by atoms with Crippen LogP contribution in [0, 0.1) is 6.92 Å². The summed E-state index contributed by atoms with van der Waals surface area (Å²) in [5.41, 5.74) is 3.62. The number of anilines is 3. The van der Waals surface area contributed by atoms with E-state index >= 15 is 0 Å². The lowest BCUT2D eigenvalue weighted by Gasteiger charge is -2.27. The standard InChI is InChI=1S/C26H29N3O3S/c1-17-5-6-18-16-29(33(31,32)21-10-7-19(8-11-21)26(4)13-14-26)23-15-20(25(2,3)30)9-12-22(23)28-24(18)27-17/h5-12,15,30H,13-14,16H2,1-4H3,(H,27,28). The average molecular weight is 464 g/mol. The maximum absolute atomic E-state index is 13.9. The van der Waals surface area contributed by atoms with Crippen molar-refractivity contribution in [3.8, 4) is 0 Å². The predicted octanol–water partition coefficient (Wildman–Crippen LogP) is 5.12. The molecule has 6 nitrogen and oxygen atoms in total. The highest BCUT2D eigenvalue weighted by Gasteiger charge is 2.39. The van der Waals surface area contributed by atoms with Crippen molar-refractivity contribution in [2.45, 2.75) is 63.0 Å². The molecular formula is C26H29N3O3S. The molecule has 0 bridgehead atoms. The van der Waals surface area contributed by atoms with Crippen LogP contribution >= 0.6 is 0 Å². The number of fused-ring (bicyclic) bond motifs is 2. The minimum atomic E-state index is -3.87. The molecular weight excluding hydrogens is 434 g/mol. The van der Waals surface area contributed by atoms with Gasteiger partial charge in [-0.3, -0.25) is 4.31 Å². The fourth-order valence-corrected chi connectivity index (χ4v) is 5.71. The lowest BCUT2D eigenvalue weighted by atomic mass is 9.97. The molecule has 1 fully saturated rings. The van der Waals surface area contributed by atoms with Crippen LogP contribution in [-0.4, -0.2) is 18.5 Å². The van der Waals surface area contributed by atoms with E-state index in [0.29, 0.717) is 22.8 Å². The number of pyridine rings is 1. The summed E-state index contributed by atoms with van der Waals surface area (Å²) in [7, 11) is -3.87. The van der Waals surface area contributed by atoms with Gasteiger partial charge in [0.1, 0.15) is 5.82 Å². The number of aryl methyl sites for hydroxylation is 1. The second kappa shape index (κ2) is 7.30. The highest BCUT2D eigenvalue weighted by Crippen LogP contribution is 2.48. The first kappa shape index (κ1) is 21.9. The van der Waals surface area contributed by atoms with Crippen LogP contribution in [-0.2, 0) is 27.6 Å². The quantitative estimate of drug-likeness (QED) is 0.561. The smallest absolute Gasteiger partial charge is 0.264 e. The van der Waals surface area contributed by atoms with E-state index in [-0.39, 0.29) is 16.9 Å². The summed E-state index contributed by atoms with van der Waals surface area (Å²) < 4.78 is 29.3. The Morgan fingerprint density at radius 3 is 2.39 bits per heavy atom. The zero-order chi connectivity index (χ0) is 23.6. The van der Waals surface area contributed by atoms with E-state index in [0.717, 1.165) is 24.1 Å². The predicted molar refractivity (Wildman–Crippen MR) is 130 cm³/mol. The molecule has 1 aliphatic heterocycles. The Labute approximate surface area is 195 Å². The second-order valence-electron chi connectivity index (χ2n) is 9.97. The van der Waals surface area contributed by atoms with Crippen LogP contribution in [0.4, 0.5) is 17.2 Å². The Bertz CT molecular complexity index is 1340. The molecule has 3 aromatic rings. The number of nitrogens with one attached hydrogen (secondary N) is 1. The minimum absolute atomic E-state index is 0.139. The van der Waals surface area contributed by atoms with Gasteiger partial charge >= 0.3 is 0 Å². The minimum Gasteiger partial charge on any atom is -0.386 e. The van der Waals surface area contributed by atoms with Crippen LogP contribution < -0.4 is 9.62 Å². The summed E-state index contributed by atoms with van der Waals surface area (Å²) in [6.45, 7) is 7.63. The van der Waals surface area contributed by atoms with Crippen molar-refractivity contribution in [3.63, 3.8) is 0 Å². The van der Waals surface area contributed by atoms with Gasteiger partial charge in [0.2, 0.25) is 0 Å². The first-order valence-corrected chi connectivity index (χ1v) is 12.7. The van der Waals surface area contributed by atoms with Crippen LogP contribution in [0.3, 0.4) is 0 Å². The van der Waals surface area contributed by atoms with E-state index in [1.165, 1.54) is 9.87 Å². The fraction of sp³-hybridized carbons (Fsp3) is 0.346. The van der Waals surface area contributed by atoms with Gasteiger partial charge in [-0.15, -0.1) is 0 Å². The molecule has 0 unspecified atom stereocenters. The van der Waals surface area contributed by atoms with Crippen molar-refractivity contribution < 1.29 is 13.5 Å². The fourth-order valence-electron chi connectivity index (χ4n) is 4.26. The van der Waals surface area contributed by atoms with E-state index in [4.69, 9.17) is 0 Å². The molecule has 0 atom stereocenters. The Balaban J connectivity index is 1.65. The van der Waals surface area contributed by atoms with Gasteiger partial charge < -0.3 is 10.4 Å². The third kappa shape index (κ3) is 3.89. The maximum atomic E-state index is 13.9. The SMILES string of the molecule is Cc1ccc2c(n1)Nc1ccc(C(C)(C)O)cc1N(S(=O)(=O)c1ccc(C3(C)CC3)cc1)C2. The lowest BCUT2D eigenvalue weighted by molar-refractivity contribution is 0.0786. The summed E-state index contributed by atoms with van der Waals surface area (Å²) >= 11 is 0. The van der Waals surface area contributed by atoms with Crippen molar-refractivity contribution >= 4 is 27.2 Å². The monoisotopic (exact) mass is 463 g/mol. The van der Waals surface area contributed by atoms with Gasteiger partial charge in [-0.2, -0.15) is 0 Å². The molecule has 33 heavy (non-hydrogen) atoms. The van der Waals surface area contributed by atoms with E-state index < -0.39 is 15.6 Å². The molecule has 2 heterocycles. The number of rotatable bonds is 4. The lowest BCUT2D eigenvalue weighted by Crippen LogP contribution is -2.30. The molecule has 172 valence electrons. The number of hydrogen-bond donors (Lipinski definition) is 2. The van der Waals surface area contributed by atoms with Gasteiger partial charge in [0.15, 0.2) is 0 Å². The normalized spacial score (nSPS) is 16.9. The summed E-state index contributed by atoms with van der Waals surface area (Å²) in [5, 5.41) is 13.9. The number of hydrogen-bond acceptors (Lipinski definition) is 5. The van der Waals surface area contributed by atoms with Gasteiger partial charge in [-0.1, -0.05) is 31.2 Å². The van der Waals surface area contributed by atoms with Crippen LogP contribution in [0.5, 0.6) is 0 Å². The molecule has 1 aliphatic carbocycles. The molecule has 7 heteroatoms. The van der Waals surface area contributed by atoms with Gasteiger partial charge in [-0.05, 0) is 80.5 Å². The average Bonchev–Trinajstić information content (AvgIpc) is 3.53. The number of benzene rings is 2. The first-order valence-electron chi connectivity index (χ1n) is 11.2. The Morgan fingerprint density at radius 2 is 1.76 bits per heavy atom. The third-order valence-electron chi connectivity index (χ3n) is 6.80. The van der Waals surface area contributed by atoms with E-state index in [1.54, 1.807) is 38.1 Å². The molecule has 5 rings (SSSR count). The second-order valence-corrected chi connectivity index (χ2v) is 11.8. The number of aromatic nitrogens is 1. The molecule has 0 spiro atoms. The van der Waals surface area contributed by atoms with Crippen molar-refractivity contribution in [1.82, 2.24) is 4.98 Å². The van der Waals surface area contributed by atoms with Gasteiger partial charge in [-0.25, -0.2) is 13.4 Å². The number of sulfonamides is 1. The topological polar surface area (TPSA) is 82.5 Å². The van der Waals surface area contributed by atoms with Gasteiger partial charge in [0, 0.05) is 11.3 Å². The van der Waals surface area contributed by atoms with Crippen molar-refractivity contribution in [2.75, 3.05) is 9.62 Å². The van der Waals surface area contributed by atoms with Crippen LogP contribution in [0.2, 0.25) is 0 Å². The molecule has 2 N–H and O–H groups in total. The largest absolute Gasteiger partial charge is 0.386 e.